The van der Waals surface area contributed by atoms with Crippen LogP contribution in [0.2, 0.25) is 51.4 Å². The second kappa shape index (κ2) is 17.9. The molecule has 4 aromatic rings. The number of carbonyl (C=O) groups excluding carboxylic acids is 2. The molecule has 1 saturated heterocycles. The van der Waals surface area contributed by atoms with E-state index in [1.165, 1.54) is 16.8 Å². The molecule has 1 aliphatic heterocycles. The highest BCUT2D eigenvalue weighted by atomic mass is 28.3. The van der Waals surface area contributed by atoms with Gasteiger partial charge in [-0.25, -0.2) is 4.68 Å². The largest absolute Gasteiger partial charge is 0.376 e. The number of likely N-dealkylation sites (tertiary alicyclic amines) is 1. The molecular weight excluding hydrogens is 735 g/mol. The molecule has 0 radical (unpaired) electrons. The van der Waals surface area contributed by atoms with Gasteiger partial charge in [0, 0.05) is 64.7 Å². The minimum Gasteiger partial charge on any atom is -0.376 e. The Kier molecular flexibility index (Phi) is 13.5. The average Bonchev–Trinajstić information content (AvgIpc) is 3.68. The van der Waals surface area contributed by atoms with Crippen molar-refractivity contribution < 1.29 is 23.8 Å². The van der Waals surface area contributed by atoms with Crippen LogP contribution < -0.4 is 5.32 Å². The first-order valence-corrected chi connectivity index (χ1v) is 28.1. The molecule has 2 unspecified atom stereocenters. The maximum atomic E-state index is 13.5. The van der Waals surface area contributed by atoms with E-state index in [4.69, 9.17) is 19.3 Å². The number of amides is 2. The van der Waals surface area contributed by atoms with Gasteiger partial charge >= 0.3 is 0 Å². The summed E-state index contributed by atoms with van der Waals surface area (Å²) in [4.78, 5) is 27.8. The number of carbonyl (C=O) groups is 2. The van der Waals surface area contributed by atoms with Gasteiger partial charge in [0.15, 0.2) is 0 Å². The number of ether oxygens (including phenoxy) is 3. The molecule has 0 spiro atoms. The maximum Gasteiger partial charge on any atom is 0.246 e. The fourth-order valence-electron chi connectivity index (χ4n) is 7.69. The Morgan fingerprint density at radius 3 is 2.32 bits per heavy atom. The van der Waals surface area contributed by atoms with E-state index in [2.05, 4.69) is 97.2 Å². The van der Waals surface area contributed by atoms with Crippen molar-refractivity contribution >= 4 is 44.6 Å². The molecule has 1 fully saturated rings. The lowest BCUT2D eigenvalue weighted by Crippen LogP contribution is -2.47. The fraction of sp³-hybridized carbons (Fsp3) is 0.568. The highest BCUT2D eigenvalue weighted by molar-refractivity contribution is 6.76. The van der Waals surface area contributed by atoms with Gasteiger partial charge < -0.3 is 29.0 Å². The van der Waals surface area contributed by atoms with Gasteiger partial charge in [-0.2, -0.15) is 5.10 Å². The fourth-order valence-corrected chi connectivity index (χ4v) is 9.21. The molecule has 6 rings (SSSR count). The Balaban J connectivity index is 1.31. The van der Waals surface area contributed by atoms with Crippen LogP contribution in [0, 0.1) is 5.41 Å². The standard InChI is InChI=1S/C44H65N5O5Si2/c1-33(47-21-13-12-16-41(47)50)43(51)45-36-18-17-35-26-39(48(38(35)27-36)31-52-22-24-55(3,4)5)42-37-19-20-44(2,30-54-29-34-14-10-9-11-15-34)28-40(37)49(46-42)32-53-23-25-56(6,7)8/h9-11,14-15,17-18,26-27,33H,12-13,16,19-25,28-32H2,1-8H3,(H,45,51). The first kappa shape index (κ1) is 42.1. The quantitative estimate of drug-likeness (QED) is 0.0797. The molecule has 3 heterocycles. The van der Waals surface area contributed by atoms with Crippen LogP contribution in [-0.2, 0) is 56.7 Å². The third-order valence-corrected chi connectivity index (χ3v) is 14.8. The van der Waals surface area contributed by atoms with Crippen molar-refractivity contribution in [3.63, 3.8) is 0 Å². The molecule has 2 aromatic carbocycles. The van der Waals surface area contributed by atoms with Crippen molar-refractivity contribution in [3.8, 4) is 11.4 Å². The molecule has 12 heteroatoms. The number of nitrogens with one attached hydrogen (secondary N) is 1. The van der Waals surface area contributed by atoms with E-state index in [0.717, 1.165) is 73.1 Å². The summed E-state index contributed by atoms with van der Waals surface area (Å²) in [7, 11) is -2.56. The summed E-state index contributed by atoms with van der Waals surface area (Å²) in [6.45, 7) is 22.5. The van der Waals surface area contributed by atoms with Gasteiger partial charge in [0.25, 0.3) is 0 Å². The van der Waals surface area contributed by atoms with Crippen LogP contribution in [0.15, 0.2) is 54.6 Å². The average molecular weight is 800 g/mol. The van der Waals surface area contributed by atoms with E-state index in [0.29, 0.717) is 51.9 Å². The molecule has 56 heavy (non-hydrogen) atoms. The second-order valence-electron chi connectivity index (χ2n) is 18.9. The molecule has 0 bridgehead atoms. The minimum atomic E-state index is -1.30. The van der Waals surface area contributed by atoms with E-state index < -0.39 is 22.2 Å². The molecule has 2 aromatic heterocycles. The monoisotopic (exact) mass is 799 g/mol. The van der Waals surface area contributed by atoms with E-state index in [1.807, 2.05) is 25.1 Å². The minimum absolute atomic E-state index is 0.0368. The molecule has 10 nitrogen and oxygen atoms in total. The molecule has 2 amide bonds. The third-order valence-electron chi connectivity index (χ3n) is 11.3. The molecule has 1 aliphatic carbocycles. The Morgan fingerprint density at radius 2 is 1.62 bits per heavy atom. The van der Waals surface area contributed by atoms with E-state index in [9.17, 15) is 9.59 Å². The number of anilines is 1. The first-order valence-electron chi connectivity index (χ1n) is 20.7. The summed E-state index contributed by atoms with van der Waals surface area (Å²) in [5, 5.41) is 9.52. The Hall–Kier alpha value is -3.56. The molecule has 0 saturated carbocycles. The van der Waals surface area contributed by atoms with Crippen LogP contribution in [-0.4, -0.2) is 79.6 Å². The van der Waals surface area contributed by atoms with Gasteiger partial charge in [-0.3, -0.25) is 9.59 Å². The zero-order valence-corrected chi connectivity index (χ0v) is 37.2. The predicted molar refractivity (Wildman–Crippen MR) is 231 cm³/mol. The van der Waals surface area contributed by atoms with Crippen LogP contribution in [0.1, 0.15) is 56.4 Å². The smallest absolute Gasteiger partial charge is 0.246 e. The molecule has 2 aliphatic rings. The number of benzene rings is 2. The van der Waals surface area contributed by atoms with Crippen molar-refractivity contribution in [3.05, 3.63) is 71.4 Å². The van der Waals surface area contributed by atoms with Gasteiger partial charge in [-0.15, -0.1) is 0 Å². The van der Waals surface area contributed by atoms with Gasteiger partial charge in [-0.05, 0) is 80.3 Å². The number of nitrogens with zero attached hydrogens (tertiary/aromatic N) is 4. The van der Waals surface area contributed by atoms with Gasteiger partial charge in [0.1, 0.15) is 25.2 Å². The zero-order valence-electron chi connectivity index (χ0n) is 35.2. The van der Waals surface area contributed by atoms with E-state index in [1.54, 1.807) is 4.90 Å². The highest BCUT2D eigenvalue weighted by Gasteiger charge is 2.36. The molecular formula is C44H65N5O5Si2. The lowest BCUT2D eigenvalue weighted by molar-refractivity contribution is -0.140. The number of piperidine rings is 1. The summed E-state index contributed by atoms with van der Waals surface area (Å²) >= 11 is 0. The highest BCUT2D eigenvalue weighted by Crippen LogP contribution is 2.41. The molecule has 304 valence electrons. The Bertz CT molecular complexity index is 1960. The normalized spacial score (nSPS) is 18.4. The van der Waals surface area contributed by atoms with Gasteiger partial charge in [0.05, 0.1) is 24.4 Å². The SMILES string of the molecule is CC(C(=O)Nc1ccc2cc(-c3nn(COCC[Si](C)(C)C)c4c3CCC(C)(COCc3ccccc3)C4)n(COCC[Si](C)(C)C)c2c1)N1CCCCC1=O. The van der Waals surface area contributed by atoms with Crippen molar-refractivity contribution in [2.24, 2.45) is 5.41 Å². The summed E-state index contributed by atoms with van der Waals surface area (Å²) in [6, 6.07) is 20.3. The van der Waals surface area contributed by atoms with Crippen LogP contribution in [0.3, 0.4) is 0 Å². The molecule has 2 atom stereocenters. The predicted octanol–water partition coefficient (Wildman–Crippen LogP) is 9.18. The maximum absolute atomic E-state index is 13.5. The van der Waals surface area contributed by atoms with Crippen molar-refractivity contribution in [1.29, 1.82) is 0 Å². The summed E-state index contributed by atoms with van der Waals surface area (Å²) in [5.41, 5.74) is 7.27. The van der Waals surface area contributed by atoms with Crippen molar-refractivity contribution in [2.45, 2.75) is 130 Å². The van der Waals surface area contributed by atoms with Gasteiger partial charge in [-0.1, -0.05) is 82.6 Å². The second-order valence-corrected chi connectivity index (χ2v) is 30.1. The van der Waals surface area contributed by atoms with E-state index >= 15 is 0 Å². The van der Waals surface area contributed by atoms with Crippen LogP contribution in [0.25, 0.3) is 22.3 Å². The summed E-state index contributed by atoms with van der Waals surface area (Å²) in [5.74, 6) is -0.130. The number of fused-ring (bicyclic) bond motifs is 2. The summed E-state index contributed by atoms with van der Waals surface area (Å²) in [6.07, 6.45) is 5.04. The van der Waals surface area contributed by atoms with Crippen LogP contribution >= 0.6 is 0 Å². The van der Waals surface area contributed by atoms with Gasteiger partial charge in [0.2, 0.25) is 11.8 Å². The number of hydrogen-bond acceptors (Lipinski definition) is 6. The molecule has 1 N–H and O–H groups in total. The van der Waals surface area contributed by atoms with Crippen LogP contribution in [0.5, 0.6) is 0 Å². The third kappa shape index (κ3) is 10.9. The van der Waals surface area contributed by atoms with Crippen molar-refractivity contribution in [2.75, 3.05) is 31.7 Å². The zero-order chi connectivity index (χ0) is 40.1. The lowest BCUT2D eigenvalue weighted by atomic mass is 9.75. The number of hydrogen-bond donors (Lipinski definition) is 1. The lowest BCUT2D eigenvalue weighted by Gasteiger charge is -2.34. The topological polar surface area (TPSA) is 99.8 Å². The Morgan fingerprint density at radius 1 is 0.911 bits per heavy atom. The number of aromatic nitrogens is 3. The van der Waals surface area contributed by atoms with Crippen molar-refractivity contribution in [1.82, 2.24) is 19.2 Å². The number of rotatable bonds is 18. The Labute approximate surface area is 336 Å². The van der Waals surface area contributed by atoms with Crippen LogP contribution in [0.4, 0.5) is 5.69 Å². The first-order chi connectivity index (χ1) is 26.6. The van der Waals surface area contributed by atoms with E-state index in [-0.39, 0.29) is 17.2 Å². The summed E-state index contributed by atoms with van der Waals surface area (Å²) < 4.78 is 23.5.